The van der Waals surface area contributed by atoms with Crippen LogP contribution in [-0.4, -0.2) is 29.5 Å². The number of hydrazine groups is 1. The highest BCUT2D eigenvalue weighted by molar-refractivity contribution is 5.97. The fourth-order valence-corrected chi connectivity index (χ4v) is 3.50. The Morgan fingerprint density at radius 3 is 2.87 bits per heavy atom. The molecule has 0 atom stereocenters. The standard InChI is InChI=1S/C24H25N5O/c1-25-28-16-18(13-17-5-3-2-4-6-17)7-8-20-14-19(9-11-26-20)23-15-21-22(29-23)10-12-27-24(21)30/h2-9,11,14-16,25,28-29H,10,12-13H2,1H3,(H,27,30)/b8-7+,18-16-. The van der Waals surface area contributed by atoms with Gasteiger partial charge in [0.1, 0.15) is 0 Å². The van der Waals surface area contributed by atoms with Gasteiger partial charge in [0.05, 0.1) is 11.3 Å². The second-order valence-electron chi connectivity index (χ2n) is 7.16. The molecule has 4 N–H and O–H groups in total. The first-order valence-corrected chi connectivity index (χ1v) is 10.0. The largest absolute Gasteiger partial charge is 0.358 e. The molecule has 0 radical (unpaired) electrons. The van der Waals surface area contributed by atoms with Gasteiger partial charge >= 0.3 is 0 Å². The van der Waals surface area contributed by atoms with Gasteiger partial charge in [-0.05, 0) is 41.8 Å². The molecule has 1 amide bonds. The number of amides is 1. The van der Waals surface area contributed by atoms with Crippen molar-refractivity contribution in [2.45, 2.75) is 12.8 Å². The van der Waals surface area contributed by atoms with E-state index in [-0.39, 0.29) is 5.91 Å². The molecule has 1 aromatic carbocycles. The van der Waals surface area contributed by atoms with E-state index < -0.39 is 0 Å². The minimum Gasteiger partial charge on any atom is -0.358 e. The summed E-state index contributed by atoms with van der Waals surface area (Å²) >= 11 is 0. The lowest BCUT2D eigenvalue weighted by atomic mass is 10.0. The van der Waals surface area contributed by atoms with Crippen LogP contribution < -0.4 is 16.2 Å². The van der Waals surface area contributed by atoms with Gasteiger partial charge < -0.3 is 15.7 Å². The fourth-order valence-electron chi connectivity index (χ4n) is 3.50. The number of rotatable bonds is 7. The first kappa shape index (κ1) is 19.7. The maximum Gasteiger partial charge on any atom is 0.253 e. The topological polar surface area (TPSA) is 81.8 Å². The summed E-state index contributed by atoms with van der Waals surface area (Å²) in [6.07, 6.45) is 9.45. The highest BCUT2D eigenvalue weighted by Gasteiger charge is 2.19. The first-order chi connectivity index (χ1) is 14.7. The molecule has 6 nitrogen and oxygen atoms in total. The van der Waals surface area contributed by atoms with Gasteiger partial charge in [-0.3, -0.25) is 9.78 Å². The van der Waals surface area contributed by atoms with E-state index in [0.29, 0.717) is 6.54 Å². The Kier molecular flexibility index (Phi) is 6.06. The van der Waals surface area contributed by atoms with Gasteiger partial charge in [0.2, 0.25) is 0 Å². The number of carbonyl (C=O) groups excluding carboxylic acids is 1. The number of aromatic amines is 1. The van der Waals surface area contributed by atoms with E-state index in [1.807, 2.05) is 55.7 Å². The van der Waals surface area contributed by atoms with Crippen molar-refractivity contribution in [3.05, 3.63) is 95.1 Å². The Bertz CT molecular complexity index is 1080. The smallest absolute Gasteiger partial charge is 0.253 e. The molecule has 3 heterocycles. The zero-order valence-electron chi connectivity index (χ0n) is 16.9. The van der Waals surface area contributed by atoms with E-state index in [9.17, 15) is 4.79 Å². The van der Waals surface area contributed by atoms with Gasteiger partial charge in [0, 0.05) is 49.4 Å². The van der Waals surface area contributed by atoms with Crippen LogP contribution in [0, 0.1) is 0 Å². The van der Waals surface area contributed by atoms with E-state index >= 15 is 0 Å². The number of pyridine rings is 1. The van der Waals surface area contributed by atoms with Gasteiger partial charge in [-0.1, -0.05) is 36.4 Å². The number of carbonyl (C=O) groups is 1. The summed E-state index contributed by atoms with van der Waals surface area (Å²) in [7, 11) is 1.83. The molecule has 0 saturated heterocycles. The second-order valence-corrected chi connectivity index (χ2v) is 7.16. The summed E-state index contributed by atoms with van der Waals surface area (Å²) in [6, 6.07) is 16.2. The molecule has 0 spiro atoms. The summed E-state index contributed by atoms with van der Waals surface area (Å²) in [5.74, 6) is -0.0133. The van der Waals surface area contributed by atoms with Crippen LogP contribution in [0.2, 0.25) is 0 Å². The Morgan fingerprint density at radius 2 is 2.07 bits per heavy atom. The molecule has 152 valence electrons. The summed E-state index contributed by atoms with van der Waals surface area (Å²) in [4.78, 5) is 19.9. The molecule has 3 aromatic rings. The Balaban J connectivity index is 1.55. The van der Waals surface area contributed by atoms with Crippen molar-refractivity contribution in [1.82, 2.24) is 26.1 Å². The Hall–Kier alpha value is -3.64. The van der Waals surface area contributed by atoms with E-state index in [2.05, 4.69) is 44.3 Å². The van der Waals surface area contributed by atoms with Crippen molar-refractivity contribution in [2.75, 3.05) is 13.6 Å². The fraction of sp³-hybridized carbons (Fsp3) is 0.167. The van der Waals surface area contributed by atoms with Crippen molar-refractivity contribution < 1.29 is 4.79 Å². The number of aromatic nitrogens is 2. The number of H-pyrrole nitrogens is 1. The third-order valence-corrected chi connectivity index (χ3v) is 5.02. The van der Waals surface area contributed by atoms with Gasteiger partial charge in [0.25, 0.3) is 5.91 Å². The van der Waals surface area contributed by atoms with Crippen LogP contribution in [0.3, 0.4) is 0 Å². The van der Waals surface area contributed by atoms with Crippen LogP contribution in [-0.2, 0) is 12.8 Å². The molecule has 1 aliphatic rings. The van der Waals surface area contributed by atoms with E-state index in [1.165, 1.54) is 5.56 Å². The lowest BCUT2D eigenvalue weighted by molar-refractivity contribution is 0.0946. The lowest BCUT2D eigenvalue weighted by Gasteiger charge is -2.10. The van der Waals surface area contributed by atoms with Crippen LogP contribution >= 0.6 is 0 Å². The number of nitrogens with zero attached hydrogens (tertiary/aromatic N) is 1. The molecule has 0 fully saturated rings. The average Bonchev–Trinajstić information content (AvgIpc) is 3.22. The summed E-state index contributed by atoms with van der Waals surface area (Å²) in [5, 5.41) is 2.88. The van der Waals surface area contributed by atoms with Crippen LogP contribution in [0.5, 0.6) is 0 Å². The minimum absolute atomic E-state index is 0.0133. The Morgan fingerprint density at radius 1 is 1.20 bits per heavy atom. The van der Waals surface area contributed by atoms with E-state index in [4.69, 9.17) is 0 Å². The van der Waals surface area contributed by atoms with Crippen molar-refractivity contribution >= 4 is 12.0 Å². The van der Waals surface area contributed by atoms with Crippen LogP contribution in [0.4, 0.5) is 0 Å². The normalized spacial score (nSPS) is 13.9. The molecule has 4 rings (SSSR count). The number of nitrogens with one attached hydrogen (secondary N) is 4. The molecular formula is C24H25N5O. The average molecular weight is 399 g/mol. The molecule has 1 aliphatic heterocycles. The molecule has 0 aliphatic carbocycles. The quantitative estimate of drug-likeness (QED) is 0.363. The molecule has 30 heavy (non-hydrogen) atoms. The van der Waals surface area contributed by atoms with Crippen molar-refractivity contribution in [2.24, 2.45) is 0 Å². The van der Waals surface area contributed by atoms with Crippen LogP contribution in [0.15, 0.2) is 72.6 Å². The van der Waals surface area contributed by atoms with Gasteiger partial charge in [0.15, 0.2) is 0 Å². The number of benzene rings is 1. The highest BCUT2D eigenvalue weighted by Crippen LogP contribution is 2.24. The summed E-state index contributed by atoms with van der Waals surface area (Å²) in [5.41, 5.74) is 12.9. The molecule has 0 bridgehead atoms. The van der Waals surface area contributed by atoms with E-state index in [1.54, 1.807) is 6.20 Å². The summed E-state index contributed by atoms with van der Waals surface area (Å²) < 4.78 is 0. The number of hydrogen-bond donors (Lipinski definition) is 4. The van der Waals surface area contributed by atoms with Gasteiger partial charge in [-0.25, -0.2) is 5.43 Å². The molecular weight excluding hydrogens is 374 g/mol. The van der Waals surface area contributed by atoms with E-state index in [0.717, 1.165) is 46.6 Å². The molecule has 0 unspecified atom stereocenters. The number of hydrogen-bond acceptors (Lipinski definition) is 4. The van der Waals surface area contributed by atoms with Crippen LogP contribution in [0.25, 0.3) is 17.3 Å². The predicted octanol–water partition coefficient (Wildman–Crippen LogP) is 3.23. The van der Waals surface area contributed by atoms with Crippen molar-refractivity contribution in [3.63, 3.8) is 0 Å². The molecule has 2 aromatic heterocycles. The maximum atomic E-state index is 12.0. The third kappa shape index (κ3) is 4.67. The summed E-state index contributed by atoms with van der Waals surface area (Å²) in [6.45, 7) is 0.674. The monoisotopic (exact) mass is 399 g/mol. The minimum atomic E-state index is -0.0133. The van der Waals surface area contributed by atoms with Crippen LogP contribution in [0.1, 0.15) is 27.3 Å². The zero-order valence-corrected chi connectivity index (χ0v) is 16.9. The SMILES string of the molecule is CNN/C=C(/C=C/c1cc(-c2cc3c([nH]2)CCNC3=O)ccn1)Cc1ccccc1. The van der Waals surface area contributed by atoms with Crippen molar-refractivity contribution in [1.29, 1.82) is 0 Å². The van der Waals surface area contributed by atoms with Crippen molar-refractivity contribution in [3.8, 4) is 11.3 Å². The predicted molar refractivity (Wildman–Crippen MR) is 120 cm³/mol. The molecule has 0 saturated carbocycles. The maximum absolute atomic E-state index is 12.0. The zero-order chi connectivity index (χ0) is 20.8. The first-order valence-electron chi connectivity index (χ1n) is 10.0. The number of allylic oxidation sites excluding steroid dienone is 2. The third-order valence-electron chi connectivity index (χ3n) is 5.02. The lowest BCUT2D eigenvalue weighted by Crippen LogP contribution is -2.31. The van der Waals surface area contributed by atoms with Gasteiger partial charge in [-0.2, -0.15) is 0 Å². The van der Waals surface area contributed by atoms with Gasteiger partial charge in [-0.15, -0.1) is 0 Å². The number of fused-ring (bicyclic) bond motifs is 1. The Labute approximate surface area is 176 Å². The highest BCUT2D eigenvalue weighted by atomic mass is 16.1. The molecule has 6 heteroatoms. The second kappa shape index (κ2) is 9.24.